The second-order valence-corrected chi connectivity index (χ2v) is 4.25. The quantitative estimate of drug-likeness (QED) is 0.773. The van der Waals surface area contributed by atoms with Crippen molar-refractivity contribution in [2.45, 2.75) is 39.2 Å². The Morgan fingerprint density at radius 1 is 1.19 bits per heavy atom. The highest BCUT2D eigenvalue weighted by molar-refractivity contribution is 5.55. The highest BCUT2D eigenvalue weighted by atomic mass is 19.1. The molecule has 0 aliphatic heterocycles. The highest BCUT2D eigenvalue weighted by Gasteiger charge is 2.22. The Kier molecular flexibility index (Phi) is 3.73. The molecule has 0 aliphatic carbocycles. The minimum absolute atomic E-state index is 0.0928. The van der Waals surface area contributed by atoms with Gasteiger partial charge in [0.2, 0.25) is 0 Å². The van der Waals surface area contributed by atoms with Gasteiger partial charge in [0.1, 0.15) is 5.69 Å². The molecular formula is C12H18F2N2. The van der Waals surface area contributed by atoms with Gasteiger partial charge in [-0.1, -0.05) is 13.8 Å². The summed E-state index contributed by atoms with van der Waals surface area (Å²) in [5.74, 6) is -1.30. The maximum absolute atomic E-state index is 13.5. The largest absolute Gasteiger partial charge is 0.399 e. The maximum Gasteiger partial charge on any atom is 0.151 e. The number of hydrogen-bond donors (Lipinski definition) is 2. The zero-order valence-corrected chi connectivity index (χ0v) is 9.90. The minimum atomic E-state index is -0.648. The van der Waals surface area contributed by atoms with E-state index in [0.29, 0.717) is 0 Å². The Morgan fingerprint density at radius 3 is 2.00 bits per heavy atom. The number of hydrogen-bond acceptors (Lipinski definition) is 2. The zero-order chi connectivity index (χ0) is 12.3. The molecule has 1 aromatic carbocycles. The molecule has 4 heteroatoms. The summed E-state index contributed by atoms with van der Waals surface area (Å²) in [6.45, 7) is 5.88. The minimum Gasteiger partial charge on any atom is -0.399 e. The molecule has 0 heterocycles. The van der Waals surface area contributed by atoms with Gasteiger partial charge in [-0.25, -0.2) is 8.78 Å². The molecule has 0 fully saturated rings. The van der Waals surface area contributed by atoms with Crippen LogP contribution in [0.5, 0.6) is 0 Å². The first-order valence-corrected chi connectivity index (χ1v) is 5.44. The third kappa shape index (κ3) is 2.62. The van der Waals surface area contributed by atoms with E-state index < -0.39 is 11.6 Å². The van der Waals surface area contributed by atoms with E-state index in [1.807, 2.05) is 20.8 Å². The summed E-state index contributed by atoms with van der Waals surface area (Å²) in [7, 11) is 0. The van der Waals surface area contributed by atoms with Crippen molar-refractivity contribution in [3.63, 3.8) is 0 Å². The van der Waals surface area contributed by atoms with E-state index in [9.17, 15) is 8.78 Å². The van der Waals surface area contributed by atoms with E-state index in [4.69, 9.17) is 5.73 Å². The van der Waals surface area contributed by atoms with Crippen LogP contribution in [0.1, 0.15) is 33.6 Å². The van der Waals surface area contributed by atoms with Gasteiger partial charge in [0.15, 0.2) is 11.6 Å². The van der Waals surface area contributed by atoms with Crippen molar-refractivity contribution in [3.05, 3.63) is 23.8 Å². The predicted molar refractivity (Wildman–Crippen MR) is 63.4 cm³/mol. The molecule has 2 nitrogen and oxygen atoms in total. The highest BCUT2D eigenvalue weighted by Crippen LogP contribution is 2.27. The van der Waals surface area contributed by atoms with Gasteiger partial charge < -0.3 is 11.1 Å². The summed E-state index contributed by atoms with van der Waals surface area (Å²) in [5, 5.41) is 2.91. The smallest absolute Gasteiger partial charge is 0.151 e. The molecule has 0 saturated heterocycles. The monoisotopic (exact) mass is 228 g/mol. The van der Waals surface area contributed by atoms with Crippen molar-refractivity contribution in [2.75, 3.05) is 11.1 Å². The topological polar surface area (TPSA) is 38.0 Å². The van der Waals surface area contributed by atoms with Crippen LogP contribution in [0, 0.1) is 11.6 Å². The summed E-state index contributed by atoms with van der Waals surface area (Å²) >= 11 is 0. The Balaban J connectivity index is 3.06. The summed E-state index contributed by atoms with van der Waals surface area (Å²) in [6, 6.07) is 2.24. The summed E-state index contributed by atoms with van der Waals surface area (Å²) in [4.78, 5) is 0. The lowest BCUT2D eigenvalue weighted by Crippen LogP contribution is -2.33. The van der Waals surface area contributed by atoms with Gasteiger partial charge in [-0.3, -0.25) is 0 Å². The molecule has 1 aromatic rings. The molecule has 0 spiro atoms. The SMILES string of the molecule is CCC(C)(CC)Nc1c(F)cc(N)cc1F. The normalized spacial score (nSPS) is 11.6. The Labute approximate surface area is 94.8 Å². The third-order valence-electron chi connectivity index (χ3n) is 3.05. The summed E-state index contributed by atoms with van der Waals surface area (Å²) < 4.78 is 27.1. The van der Waals surface area contributed by atoms with Crippen molar-refractivity contribution < 1.29 is 8.78 Å². The molecule has 16 heavy (non-hydrogen) atoms. The van der Waals surface area contributed by atoms with Gasteiger partial charge in [0, 0.05) is 11.2 Å². The van der Waals surface area contributed by atoms with Crippen molar-refractivity contribution in [1.82, 2.24) is 0 Å². The number of nitrogen functional groups attached to an aromatic ring is 1. The molecule has 90 valence electrons. The molecule has 0 bridgehead atoms. The standard InChI is InChI=1S/C12H18F2N2/c1-4-12(3,5-2)16-11-9(13)6-8(15)7-10(11)14/h6-7,16H,4-5,15H2,1-3H3. The van der Waals surface area contributed by atoms with Crippen molar-refractivity contribution in [3.8, 4) is 0 Å². The lowest BCUT2D eigenvalue weighted by atomic mass is 9.95. The zero-order valence-electron chi connectivity index (χ0n) is 9.90. The van der Waals surface area contributed by atoms with Gasteiger partial charge in [-0.05, 0) is 31.9 Å². The fourth-order valence-corrected chi connectivity index (χ4v) is 1.44. The number of benzene rings is 1. The van der Waals surface area contributed by atoms with Crippen molar-refractivity contribution in [2.24, 2.45) is 0 Å². The average Bonchev–Trinajstić information content (AvgIpc) is 2.23. The van der Waals surface area contributed by atoms with Crippen molar-refractivity contribution >= 4 is 11.4 Å². The first-order valence-electron chi connectivity index (χ1n) is 5.44. The Bertz CT molecular complexity index is 350. The first kappa shape index (κ1) is 12.7. The molecule has 0 aromatic heterocycles. The number of anilines is 2. The lowest BCUT2D eigenvalue weighted by Gasteiger charge is -2.30. The van der Waals surface area contributed by atoms with E-state index in [2.05, 4.69) is 5.32 Å². The molecule has 0 unspecified atom stereocenters. The predicted octanol–water partition coefficient (Wildman–Crippen LogP) is 3.54. The molecule has 1 rings (SSSR count). The second-order valence-electron chi connectivity index (χ2n) is 4.25. The summed E-state index contributed by atoms with van der Waals surface area (Å²) in [5.41, 5.74) is 5.04. The maximum atomic E-state index is 13.5. The van der Waals surface area contributed by atoms with Crippen LogP contribution in [0.3, 0.4) is 0 Å². The van der Waals surface area contributed by atoms with Crippen LogP contribution in [0.15, 0.2) is 12.1 Å². The molecule has 0 atom stereocenters. The van der Waals surface area contributed by atoms with Crippen LogP contribution in [-0.2, 0) is 0 Å². The van der Waals surface area contributed by atoms with E-state index in [0.717, 1.165) is 25.0 Å². The van der Waals surface area contributed by atoms with Crippen LogP contribution in [0.4, 0.5) is 20.2 Å². The number of nitrogens with one attached hydrogen (secondary N) is 1. The molecule has 0 aliphatic rings. The van der Waals surface area contributed by atoms with Gasteiger partial charge in [0.05, 0.1) is 0 Å². The number of rotatable bonds is 4. The van der Waals surface area contributed by atoms with Gasteiger partial charge in [-0.2, -0.15) is 0 Å². The Morgan fingerprint density at radius 2 is 1.62 bits per heavy atom. The van der Waals surface area contributed by atoms with Crippen LogP contribution in [-0.4, -0.2) is 5.54 Å². The van der Waals surface area contributed by atoms with Crippen LogP contribution in [0.25, 0.3) is 0 Å². The van der Waals surface area contributed by atoms with Crippen molar-refractivity contribution in [1.29, 1.82) is 0 Å². The second kappa shape index (κ2) is 4.68. The first-order chi connectivity index (χ1) is 7.41. The van der Waals surface area contributed by atoms with E-state index in [-0.39, 0.29) is 16.9 Å². The summed E-state index contributed by atoms with van der Waals surface area (Å²) in [6.07, 6.45) is 1.57. The molecule has 0 radical (unpaired) electrons. The fourth-order valence-electron chi connectivity index (χ4n) is 1.44. The molecule has 0 amide bonds. The molecule has 0 saturated carbocycles. The third-order valence-corrected chi connectivity index (χ3v) is 3.05. The Hall–Kier alpha value is -1.32. The van der Waals surface area contributed by atoms with Crippen LogP contribution in [0.2, 0.25) is 0 Å². The lowest BCUT2D eigenvalue weighted by molar-refractivity contribution is 0.467. The van der Waals surface area contributed by atoms with Gasteiger partial charge in [0.25, 0.3) is 0 Å². The number of nitrogens with two attached hydrogens (primary N) is 1. The van der Waals surface area contributed by atoms with E-state index in [1.54, 1.807) is 0 Å². The van der Waals surface area contributed by atoms with E-state index in [1.165, 1.54) is 0 Å². The average molecular weight is 228 g/mol. The number of halogens is 2. The molecule has 3 N–H and O–H groups in total. The molecular weight excluding hydrogens is 210 g/mol. The van der Waals surface area contributed by atoms with Gasteiger partial charge >= 0.3 is 0 Å². The van der Waals surface area contributed by atoms with Crippen LogP contribution < -0.4 is 11.1 Å². The van der Waals surface area contributed by atoms with Crippen LogP contribution >= 0.6 is 0 Å². The van der Waals surface area contributed by atoms with E-state index >= 15 is 0 Å². The van der Waals surface area contributed by atoms with Gasteiger partial charge in [-0.15, -0.1) is 0 Å². The fraction of sp³-hybridized carbons (Fsp3) is 0.500.